The Labute approximate surface area is 222 Å². The Morgan fingerprint density at radius 2 is 1.81 bits per heavy atom. The van der Waals surface area contributed by atoms with Gasteiger partial charge in [0.05, 0.1) is 18.7 Å². The van der Waals surface area contributed by atoms with E-state index < -0.39 is 6.04 Å². The molecular formula is C29H32N4O3S. The predicted octanol–water partition coefficient (Wildman–Crippen LogP) is 4.46. The molecule has 0 bridgehead atoms. The Morgan fingerprint density at radius 3 is 2.51 bits per heavy atom. The Hall–Kier alpha value is -3.67. The van der Waals surface area contributed by atoms with Crippen molar-refractivity contribution in [2.45, 2.75) is 12.6 Å². The van der Waals surface area contributed by atoms with E-state index in [4.69, 9.17) is 14.7 Å². The summed E-state index contributed by atoms with van der Waals surface area (Å²) in [5, 5.41) is 15.5. The second kappa shape index (κ2) is 13.6. The van der Waals surface area contributed by atoms with E-state index in [9.17, 15) is 4.79 Å². The molecule has 1 amide bonds. The van der Waals surface area contributed by atoms with E-state index in [1.807, 2.05) is 60.3 Å². The number of anilines is 1. The zero-order valence-corrected chi connectivity index (χ0v) is 21.8. The van der Waals surface area contributed by atoms with E-state index >= 15 is 0 Å². The molecule has 4 rings (SSSR count). The third-order valence-corrected chi connectivity index (χ3v) is 7.13. The molecule has 1 heterocycles. The summed E-state index contributed by atoms with van der Waals surface area (Å²) >= 11 is 1.99. The minimum atomic E-state index is -0.676. The van der Waals surface area contributed by atoms with Crippen LogP contribution in [0.3, 0.4) is 0 Å². The van der Waals surface area contributed by atoms with E-state index in [1.165, 1.54) is 0 Å². The molecule has 7 nitrogen and oxygen atoms in total. The van der Waals surface area contributed by atoms with Gasteiger partial charge in [0.2, 0.25) is 5.91 Å². The summed E-state index contributed by atoms with van der Waals surface area (Å²) in [6, 6.07) is 23.9. The van der Waals surface area contributed by atoms with Crippen molar-refractivity contribution >= 4 is 23.4 Å². The number of nitrogens with zero attached hydrogens (tertiary/aromatic N) is 2. The third kappa shape index (κ3) is 7.66. The summed E-state index contributed by atoms with van der Waals surface area (Å²) in [6.45, 7) is 4.04. The number of carbonyl (C=O) groups is 1. The number of thioether (sulfide) groups is 1. The zero-order valence-electron chi connectivity index (χ0n) is 21.0. The molecule has 1 fully saturated rings. The highest BCUT2D eigenvalue weighted by molar-refractivity contribution is 7.99. The van der Waals surface area contributed by atoms with Gasteiger partial charge in [-0.15, -0.1) is 0 Å². The van der Waals surface area contributed by atoms with Gasteiger partial charge in [0.25, 0.3) is 0 Å². The molecule has 3 aromatic carbocycles. The molecule has 1 atom stereocenters. The van der Waals surface area contributed by atoms with Crippen LogP contribution < -0.4 is 20.1 Å². The lowest BCUT2D eigenvalue weighted by molar-refractivity contribution is -0.122. The van der Waals surface area contributed by atoms with E-state index in [-0.39, 0.29) is 5.91 Å². The molecule has 0 spiro atoms. The lowest BCUT2D eigenvalue weighted by Gasteiger charge is -2.26. The fourth-order valence-corrected chi connectivity index (χ4v) is 5.07. The highest BCUT2D eigenvalue weighted by atomic mass is 32.2. The quantitative estimate of drug-likeness (QED) is 0.389. The molecule has 37 heavy (non-hydrogen) atoms. The summed E-state index contributed by atoms with van der Waals surface area (Å²) in [5.41, 5.74) is 3.05. The maximum absolute atomic E-state index is 13.4. The van der Waals surface area contributed by atoms with Gasteiger partial charge in [-0.2, -0.15) is 17.0 Å². The first-order chi connectivity index (χ1) is 18.2. The minimum absolute atomic E-state index is 0.174. The van der Waals surface area contributed by atoms with Crippen LogP contribution in [0.2, 0.25) is 0 Å². The normalized spacial score (nSPS) is 14.3. The summed E-state index contributed by atoms with van der Waals surface area (Å²) in [4.78, 5) is 15.8. The Morgan fingerprint density at radius 1 is 1.05 bits per heavy atom. The molecule has 1 aliphatic rings. The highest BCUT2D eigenvalue weighted by Gasteiger charge is 2.22. The monoisotopic (exact) mass is 516 g/mol. The molecule has 3 aromatic rings. The number of methoxy groups -OCH3 is 1. The summed E-state index contributed by atoms with van der Waals surface area (Å²) in [5.74, 6) is 3.39. The van der Waals surface area contributed by atoms with Gasteiger partial charge in [-0.25, -0.2) is 0 Å². The number of hydrogen-bond donors (Lipinski definition) is 2. The lowest BCUT2D eigenvalue weighted by atomic mass is 10.0. The highest BCUT2D eigenvalue weighted by Crippen LogP contribution is 2.32. The standard InChI is InChI=1S/C29H32N4O3S/c1-35-27-19-24(9-12-26(27)36-16-13-33-14-17-37-18-15-33)28(32-25-10-7-22(20-30)8-11-25)29(34)31-21-23-5-3-2-4-6-23/h2-12,19,28,32H,13-18,21H2,1H3,(H,31,34). The van der Waals surface area contributed by atoms with Crippen molar-refractivity contribution in [3.05, 3.63) is 89.5 Å². The maximum Gasteiger partial charge on any atom is 0.247 e. The lowest BCUT2D eigenvalue weighted by Crippen LogP contribution is -2.35. The van der Waals surface area contributed by atoms with Crippen molar-refractivity contribution < 1.29 is 14.3 Å². The van der Waals surface area contributed by atoms with Crippen LogP contribution >= 0.6 is 11.8 Å². The molecule has 1 aliphatic heterocycles. The first-order valence-electron chi connectivity index (χ1n) is 12.4. The van der Waals surface area contributed by atoms with E-state index in [0.717, 1.165) is 48.0 Å². The van der Waals surface area contributed by atoms with Crippen molar-refractivity contribution in [2.24, 2.45) is 0 Å². The van der Waals surface area contributed by atoms with E-state index in [0.29, 0.717) is 30.2 Å². The average molecular weight is 517 g/mol. The van der Waals surface area contributed by atoms with Crippen molar-refractivity contribution in [2.75, 3.05) is 50.2 Å². The van der Waals surface area contributed by atoms with Gasteiger partial charge in [0.15, 0.2) is 11.5 Å². The van der Waals surface area contributed by atoms with Gasteiger partial charge < -0.3 is 20.1 Å². The number of hydrogen-bond acceptors (Lipinski definition) is 7. The first-order valence-corrected chi connectivity index (χ1v) is 13.5. The van der Waals surface area contributed by atoms with Gasteiger partial charge in [-0.3, -0.25) is 9.69 Å². The van der Waals surface area contributed by atoms with Crippen molar-refractivity contribution in [1.82, 2.24) is 10.2 Å². The van der Waals surface area contributed by atoms with Crippen LogP contribution in [-0.2, 0) is 11.3 Å². The number of nitriles is 1. The van der Waals surface area contributed by atoms with Crippen molar-refractivity contribution in [3.63, 3.8) is 0 Å². The maximum atomic E-state index is 13.4. The van der Waals surface area contributed by atoms with Crippen molar-refractivity contribution in [1.29, 1.82) is 5.26 Å². The minimum Gasteiger partial charge on any atom is -0.493 e. The largest absolute Gasteiger partial charge is 0.493 e. The molecule has 0 aromatic heterocycles. The first kappa shape index (κ1) is 26.4. The molecule has 1 unspecified atom stereocenters. The molecule has 8 heteroatoms. The van der Waals surface area contributed by atoms with Crippen LogP contribution in [0.4, 0.5) is 5.69 Å². The van der Waals surface area contributed by atoms with E-state index in [1.54, 1.807) is 31.4 Å². The van der Waals surface area contributed by atoms with E-state index in [2.05, 4.69) is 21.6 Å². The van der Waals surface area contributed by atoms with Gasteiger partial charge in [0, 0.05) is 43.4 Å². The van der Waals surface area contributed by atoms with Crippen LogP contribution in [0.15, 0.2) is 72.8 Å². The molecular weight excluding hydrogens is 484 g/mol. The topological polar surface area (TPSA) is 86.6 Å². The predicted molar refractivity (Wildman–Crippen MR) is 148 cm³/mol. The van der Waals surface area contributed by atoms with Crippen molar-refractivity contribution in [3.8, 4) is 17.6 Å². The summed E-state index contributed by atoms with van der Waals surface area (Å²) in [7, 11) is 1.60. The van der Waals surface area contributed by atoms with Gasteiger partial charge in [0.1, 0.15) is 12.6 Å². The van der Waals surface area contributed by atoms with Gasteiger partial charge >= 0.3 is 0 Å². The number of rotatable bonds is 11. The number of nitrogens with one attached hydrogen (secondary N) is 2. The summed E-state index contributed by atoms with van der Waals surface area (Å²) in [6.07, 6.45) is 0. The molecule has 0 saturated carbocycles. The fourth-order valence-electron chi connectivity index (χ4n) is 4.09. The van der Waals surface area contributed by atoms with Crippen LogP contribution in [0.1, 0.15) is 22.7 Å². The van der Waals surface area contributed by atoms with Gasteiger partial charge in [-0.1, -0.05) is 36.4 Å². The fraction of sp³-hybridized carbons (Fsp3) is 0.310. The molecule has 0 aliphatic carbocycles. The second-order valence-electron chi connectivity index (χ2n) is 8.68. The Kier molecular flexibility index (Phi) is 9.69. The molecule has 192 valence electrons. The third-order valence-electron chi connectivity index (χ3n) is 6.19. The van der Waals surface area contributed by atoms with Crippen LogP contribution in [-0.4, -0.2) is 55.7 Å². The van der Waals surface area contributed by atoms with Crippen LogP contribution in [0.5, 0.6) is 11.5 Å². The number of amides is 1. The number of carbonyl (C=O) groups excluding carboxylic acids is 1. The molecule has 1 saturated heterocycles. The zero-order chi connectivity index (χ0) is 25.9. The molecule has 2 N–H and O–H groups in total. The molecule has 0 radical (unpaired) electrons. The number of ether oxygens (including phenoxy) is 2. The second-order valence-corrected chi connectivity index (χ2v) is 9.91. The van der Waals surface area contributed by atoms with Crippen LogP contribution in [0.25, 0.3) is 0 Å². The summed E-state index contributed by atoms with van der Waals surface area (Å²) < 4.78 is 11.7. The Balaban J connectivity index is 1.49. The average Bonchev–Trinajstić information content (AvgIpc) is 2.96. The SMILES string of the molecule is COc1cc(C(Nc2ccc(C#N)cc2)C(=O)NCc2ccccc2)ccc1OCCN1CCSCC1. The van der Waals surface area contributed by atoms with Gasteiger partial charge in [-0.05, 0) is 47.5 Å². The smallest absolute Gasteiger partial charge is 0.247 e. The Bertz CT molecular complexity index is 1190. The van der Waals surface area contributed by atoms with Crippen LogP contribution in [0, 0.1) is 11.3 Å². The number of benzene rings is 3.